The van der Waals surface area contributed by atoms with Crippen molar-refractivity contribution in [2.45, 2.75) is 31.3 Å². The van der Waals surface area contributed by atoms with Crippen molar-refractivity contribution in [1.82, 2.24) is 0 Å². The minimum Gasteiger partial charge on any atom is -0.379 e. The van der Waals surface area contributed by atoms with Crippen molar-refractivity contribution in [2.75, 3.05) is 26.2 Å². The summed E-state index contributed by atoms with van der Waals surface area (Å²) >= 11 is 0. The van der Waals surface area contributed by atoms with Crippen molar-refractivity contribution in [3.05, 3.63) is 71.3 Å². The second kappa shape index (κ2) is 7.37. The lowest BCUT2D eigenvalue weighted by Crippen LogP contribution is -2.67. The molecule has 0 spiro atoms. The van der Waals surface area contributed by atoms with Gasteiger partial charge in [-0.25, -0.2) is 8.78 Å². The van der Waals surface area contributed by atoms with Crippen molar-refractivity contribution >= 4 is 5.78 Å². The molecule has 3 fully saturated rings. The first-order valence-corrected chi connectivity index (χ1v) is 10.0. The number of hydrogen-bond donors (Lipinski definition) is 1. The van der Waals surface area contributed by atoms with Crippen molar-refractivity contribution in [1.29, 1.82) is 0 Å². The van der Waals surface area contributed by atoms with Crippen LogP contribution < -0.4 is 0 Å². The molecule has 3 saturated heterocycles. The van der Waals surface area contributed by atoms with Gasteiger partial charge in [0.05, 0.1) is 19.6 Å². The van der Waals surface area contributed by atoms with Gasteiger partial charge in [0.15, 0.2) is 5.78 Å². The molecule has 2 aromatic rings. The summed E-state index contributed by atoms with van der Waals surface area (Å²) in [4.78, 5) is 12.4. The quantitative estimate of drug-likeness (QED) is 0.601. The second-order valence-corrected chi connectivity index (χ2v) is 8.41. The van der Waals surface area contributed by atoms with E-state index >= 15 is 0 Å². The van der Waals surface area contributed by atoms with E-state index < -0.39 is 5.60 Å². The van der Waals surface area contributed by atoms with Crippen LogP contribution in [0.1, 0.15) is 41.6 Å². The monoisotopic (exact) mass is 386 g/mol. The van der Waals surface area contributed by atoms with E-state index in [1.165, 1.54) is 36.4 Å². The van der Waals surface area contributed by atoms with Crippen LogP contribution in [0.4, 0.5) is 8.78 Å². The number of benzene rings is 2. The van der Waals surface area contributed by atoms with Gasteiger partial charge < -0.3 is 9.59 Å². The average Bonchev–Trinajstić information content (AvgIpc) is 2.69. The zero-order valence-corrected chi connectivity index (χ0v) is 15.9. The van der Waals surface area contributed by atoms with Crippen molar-refractivity contribution in [2.24, 2.45) is 5.92 Å². The lowest BCUT2D eigenvalue weighted by Gasteiger charge is -2.56. The third-order valence-electron chi connectivity index (χ3n) is 6.70. The lowest BCUT2D eigenvalue weighted by atomic mass is 9.70. The summed E-state index contributed by atoms with van der Waals surface area (Å²) in [5, 5.41) is 11.5. The summed E-state index contributed by atoms with van der Waals surface area (Å²) in [7, 11) is 0. The minimum absolute atomic E-state index is 0.0268. The largest absolute Gasteiger partial charge is 0.379 e. The number of nitrogens with zero attached hydrogens (tertiary/aromatic N) is 1. The van der Waals surface area contributed by atoms with E-state index in [9.17, 15) is 18.7 Å². The predicted octanol–water partition coefficient (Wildman–Crippen LogP) is 4.06. The molecule has 3 aliphatic rings. The summed E-state index contributed by atoms with van der Waals surface area (Å²) in [5.74, 6) is -0.402. The van der Waals surface area contributed by atoms with E-state index in [1.54, 1.807) is 12.1 Å². The molecule has 148 valence electrons. The molecule has 3 heterocycles. The number of aliphatic hydroxyl groups is 1. The van der Waals surface area contributed by atoms with E-state index in [1.807, 2.05) is 0 Å². The lowest BCUT2D eigenvalue weighted by molar-refractivity contribution is -0.952. The number of carbonyl (C=O) groups excluding carboxylic acids is 1. The van der Waals surface area contributed by atoms with E-state index in [2.05, 4.69) is 0 Å². The van der Waals surface area contributed by atoms with Crippen LogP contribution in [0.3, 0.4) is 0 Å². The standard InChI is InChI=1S/C23H26F2NO2/c24-20-7-3-17(4-8-20)22(27)2-1-13-26-14-11-19(12-15-26)23(28,16-26)18-5-9-21(25)10-6-18/h3-10,19,28H,1-2,11-16H2/q+1/t19?,23-,26?/m0/s1. The molecule has 3 aliphatic heterocycles. The van der Waals surface area contributed by atoms with Gasteiger partial charge in [-0.2, -0.15) is 0 Å². The number of Topliss-reactive ketones (excluding diaryl/α,β-unsaturated/α-hetero) is 1. The van der Waals surface area contributed by atoms with Crippen LogP contribution in [0.5, 0.6) is 0 Å². The Hall–Kier alpha value is -2.11. The first kappa shape index (κ1) is 19.2. The van der Waals surface area contributed by atoms with Gasteiger partial charge in [-0.15, -0.1) is 0 Å². The Morgan fingerprint density at radius 1 is 1.00 bits per heavy atom. The highest BCUT2D eigenvalue weighted by molar-refractivity contribution is 5.95. The predicted molar refractivity (Wildman–Crippen MR) is 103 cm³/mol. The summed E-state index contributed by atoms with van der Waals surface area (Å²) in [6, 6.07) is 11.9. The number of rotatable bonds is 6. The van der Waals surface area contributed by atoms with E-state index in [0.29, 0.717) is 18.5 Å². The molecule has 2 bridgehead atoms. The Balaban J connectivity index is 1.42. The molecule has 0 aromatic heterocycles. The summed E-state index contributed by atoms with van der Waals surface area (Å²) in [6.45, 7) is 3.48. The van der Waals surface area contributed by atoms with Gasteiger partial charge in [0.2, 0.25) is 0 Å². The molecule has 1 N–H and O–H groups in total. The van der Waals surface area contributed by atoms with Crippen LogP contribution >= 0.6 is 0 Å². The minimum atomic E-state index is -0.925. The number of carbonyl (C=O) groups is 1. The number of ketones is 1. The maximum Gasteiger partial charge on any atom is 0.163 e. The molecule has 0 saturated carbocycles. The van der Waals surface area contributed by atoms with Crippen LogP contribution in [0.2, 0.25) is 0 Å². The first-order chi connectivity index (χ1) is 13.4. The Morgan fingerprint density at radius 2 is 1.57 bits per heavy atom. The Morgan fingerprint density at radius 3 is 2.18 bits per heavy atom. The number of quaternary nitrogens is 1. The molecule has 28 heavy (non-hydrogen) atoms. The van der Waals surface area contributed by atoms with E-state index in [-0.39, 0.29) is 23.3 Å². The first-order valence-electron chi connectivity index (χ1n) is 10.0. The SMILES string of the molecule is O=C(CCC[N+]12CCC(CC1)[C@@](O)(c1ccc(F)cc1)C2)c1ccc(F)cc1. The Labute approximate surface area is 164 Å². The van der Waals surface area contributed by atoms with Gasteiger partial charge in [-0.3, -0.25) is 4.79 Å². The molecule has 0 aliphatic carbocycles. The zero-order valence-electron chi connectivity index (χ0n) is 15.9. The number of piperidine rings is 3. The topological polar surface area (TPSA) is 37.3 Å². The van der Waals surface area contributed by atoms with Gasteiger partial charge in [-0.05, 0) is 42.0 Å². The Bertz CT molecular complexity index is 842. The van der Waals surface area contributed by atoms with Crippen LogP contribution in [0.25, 0.3) is 0 Å². The van der Waals surface area contributed by atoms with Crippen LogP contribution in [-0.4, -0.2) is 41.6 Å². The van der Waals surface area contributed by atoms with E-state index in [4.69, 9.17) is 0 Å². The molecule has 2 aromatic carbocycles. The van der Waals surface area contributed by atoms with Crippen molar-refractivity contribution in [3.63, 3.8) is 0 Å². The normalized spacial score (nSPS) is 29.0. The second-order valence-electron chi connectivity index (χ2n) is 8.41. The number of hydrogen-bond acceptors (Lipinski definition) is 2. The highest BCUT2D eigenvalue weighted by atomic mass is 19.1. The summed E-state index contributed by atoms with van der Waals surface area (Å²) in [5.41, 5.74) is 0.412. The smallest absolute Gasteiger partial charge is 0.163 e. The molecule has 0 radical (unpaired) electrons. The highest BCUT2D eigenvalue weighted by Gasteiger charge is 2.54. The van der Waals surface area contributed by atoms with Gasteiger partial charge in [0.1, 0.15) is 23.8 Å². The van der Waals surface area contributed by atoms with Crippen LogP contribution in [0.15, 0.2) is 48.5 Å². The molecule has 5 heteroatoms. The fourth-order valence-corrected chi connectivity index (χ4v) is 5.11. The van der Waals surface area contributed by atoms with E-state index in [0.717, 1.165) is 48.9 Å². The molecule has 3 nitrogen and oxygen atoms in total. The number of halogens is 2. The third-order valence-corrected chi connectivity index (χ3v) is 6.70. The Kier molecular flexibility index (Phi) is 5.06. The third kappa shape index (κ3) is 3.61. The maximum absolute atomic E-state index is 13.3. The van der Waals surface area contributed by atoms with Gasteiger partial charge in [0.25, 0.3) is 0 Å². The molecule has 5 rings (SSSR count). The molecular formula is C23H26F2NO2+. The number of fused-ring (bicyclic) bond motifs is 3. The van der Waals surface area contributed by atoms with Crippen molar-refractivity contribution < 1.29 is 23.2 Å². The molecular weight excluding hydrogens is 360 g/mol. The molecule has 0 amide bonds. The van der Waals surface area contributed by atoms with Crippen molar-refractivity contribution in [3.8, 4) is 0 Å². The fraction of sp³-hybridized carbons (Fsp3) is 0.435. The summed E-state index contributed by atoms with van der Waals surface area (Å²) in [6.07, 6.45) is 3.05. The average molecular weight is 386 g/mol. The van der Waals surface area contributed by atoms with Crippen LogP contribution in [0, 0.1) is 17.6 Å². The summed E-state index contributed by atoms with van der Waals surface area (Å²) < 4.78 is 27.1. The zero-order chi connectivity index (χ0) is 19.8. The van der Waals surface area contributed by atoms with Gasteiger partial charge in [0, 0.05) is 37.2 Å². The molecule has 0 unspecified atom stereocenters. The van der Waals surface area contributed by atoms with Gasteiger partial charge in [-0.1, -0.05) is 12.1 Å². The maximum atomic E-state index is 13.3. The highest BCUT2D eigenvalue weighted by Crippen LogP contribution is 2.46. The van der Waals surface area contributed by atoms with Gasteiger partial charge >= 0.3 is 0 Å². The molecule has 1 atom stereocenters. The van der Waals surface area contributed by atoms with Crippen LogP contribution in [-0.2, 0) is 5.60 Å². The fourth-order valence-electron chi connectivity index (χ4n) is 5.11.